The first-order valence-electron chi connectivity index (χ1n) is 7.34. The molecule has 6 heteroatoms. The lowest BCUT2D eigenvalue weighted by Crippen LogP contribution is -2.40. The first-order chi connectivity index (χ1) is 10.1. The number of carboxylic acid groups (broad SMARTS) is 1. The SMILES string of the molecule is CCC1CCC(NC(=O)Nc2cncc(C(=O)O)c2)CC1. The van der Waals surface area contributed by atoms with Crippen LogP contribution < -0.4 is 10.6 Å². The Labute approximate surface area is 124 Å². The number of urea groups is 1. The number of carbonyl (C=O) groups excluding carboxylic acids is 1. The van der Waals surface area contributed by atoms with E-state index in [4.69, 9.17) is 5.11 Å². The first kappa shape index (κ1) is 15.3. The maximum atomic E-state index is 11.9. The van der Waals surface area contributed by atoms with E-state index < -0.39 is 5.97 Å². The summed E-state index contributed by atoms with van der Waals surface area (Å²) < 4.78 is 0. The Hall–Kier alpha value is -2.11. The smallest absolute Gasteiger partial charge is 0.337 e. The van der Waals surface area contributed by atoms with Gasteiger partial charge in [-0.2, -0.15) is 0 Å². The van der Waals surface area contributed by atoms with Crippen molar-refractivity contribution in [2.75, 3.05) is 5.32 Å². The molecule has 1 fully saturated rings. The minimum atomic E-state index is -1.07. The van der Waals surface area contributed by atoms with E-state index in [9.17, 15) is 9.59 Å². The zero-order chi connectivity index (χ0) is 15.2. The van der Waals surface area contributed by atoms with Gasteiger partial charge in [0, 0.05) is 12.2 Å². The summed E-state index contributed by atoms with van der Waals surface area (Å²) in [7, 11) is 0. The van der Waals surface area contributed by atoms with E-state index in [0.29, 0.717) is 5.69 Å². The summed E-state index contributed by atoms with van der Waals surface area (Å²) >= 11 is 0. The number of amides is 2. The predicted molar refractivity (Wildman–Crippen MR) is 79.4 cm³/mol. The van der Waals surface area contributed by atoms with Crippen molar-refractivity contribution in [1.82, 2.24) is 10.3 Å². The van der Waals surface area contributed by atoms with E-state index in [1.807, 2.05) is 0 Å². The molecule has 1 heterocycles. The van der Waals surface area contributed by atoms with Crippen LogP contribution in [0, 0.1) is 5.92 Å². The van der Waals surface area contributed by atoms with Crippen LogP contribution in [0.25, 0.3) is 0 Å². The molecular formula is C15H21N3O3. The molecule has 2 amide bonds. The summed E-state index contributed by atoms with van der Waals surface area (Å²) in [5, 5.41) is 14.5. The van der Waals surface area contributed by atoms with Gasteiger partial charge >= 0.3 is 12.0 Å². The number of hydrogen-bond acceptors (Lipinski definition) is 3. The van der Waals surface area contributed by atoms with Gasteiger partial charge in [0.25, 0.3) is 0 Å². The van der Waals surface area contributed by atoms with Crippen LogP contribution in [0.4, 0.5) is 10.5 Å². The van der Waals surface area contributed by atoms with Crippen molar-refractivity contribution in [2.45, 2.75) is 45.1 Å². The van der Waals surface area contributed by atoms with Crippen molar-refractivity contribution < 1.29 is 14.7 Å². The van der Waals surface area contributed by atoms with Gasteiger partial charge in [-0.05, 0) is 37.7 Å². The Morgan fingerprint density at radius 1 is 1.29 bits per heavy atom. The quantitative estimate of drug-likeness (QED) is 0.795. The molecule has 1 saturated carbocycles. The topological polar surface area (TPSA) is 91.3 Å². The van der Waals surface area contributed by atoms with Gasteiger partial charge < -0.3 is 15.7 Å². The lowest BCUT2D eigenvalue weighted by atomic mass is 9.85. The van der Waals surface area contributed by atoms with Crippen molar-refractivity contribution in [2.24, 2.45) is 5.92 Å². The Balaban J connectivity index is 1.85. The average molecular weight is 291 g/mol. The maximum Gasteiger partial charge on any atom is 0.337 e. The Bertz CT molecular complexity index is 511. The van der Waals surface area contributed by atoms with Gasteiger partial charge in [0.05, 0.1) is 17.4 Å². The van der Waals surface area contributed by atoms with Crippen LogP contribution >= 0.6 is 0 Å². The average Bonchev–Trinajstić information content (AvgIpc) is 2.48. The number of pyridine rings is 1. The molecule has 0 aliphatic heterocycles. The third kappa shape index (κ3) is 4.44. The second-order valence-electron chi connectivity index (χ2n) is 5.49. The van der Waals surface area contributed by atoms with Crippen LogP contribution in [0.5, 0.6) is 0 Å². The van der Waals surface area contributed by atoms with Crippen LogP contribution in [-0.4, -0.2) is 28.1 Å². The van der Waals surface area contributed by atoms with Crippen molar-refractivity contribution in [3.63, 3.8) is 0 Å². The fraction of sp³-hybridized carbons (Fsp3) is 0.533. The molecular weight excluding hydrogens is 270 g/mol. The van der Waals surface area contributed by atoms with Crippen LogP contribution in [0.2, 0.25) is 0 Å². The summed E-state index contributed by atoms with van der Waals surface area (Å²) in [5.74, 6) is -0.285. The largest absolute Gasteiger partial charge is 0.478 e. The molecule has 0 radical (unpaired) electrons. The van der Waals surface area contributed by atoms with Crippen LogP contribution in [0.15, 0.2) is 18.5 Å². The highest BCUT2D eigenvalue weighted by Gasteiger charge is 2.21. The molecule has 1 aromatic rings. The van der Waals surface area contributed by atoms with Gasteiger partial charge in [-0.3, -0.25) is 4.98 Å². The number of carbonyl (C=O) groups is 2. The molecule has 0 atom stereocenters. The van der Waals surface area contributed by atoms with Crippen molar-refractivity contribution in [1.29, 1.82) is 0 Å². The molecule has 3 N–H and O–H groups in total. The minimum absolute atomic E-state index is 0.0521. The monoisotopic (exact) mass is 291 g/mol. The Morgan fingerprint density at radius 2 is 2.00 bits per heavy atom. The zero-order valence-corrected chi connectivity index (χ0v) is 12.1. The van der Waals surface area contributed by atoms with Crippen LogP contribution in [0.1, 0.15) is 49.4 Å². The lowest BCUT2D eigenvalue weighted by Gasteiger charge is -2.28. The molecule has 0 bridgehead atoms. The van der Waals surface area contributed by atoms with Gasteiger partial charge in [0.2, 0.25) is 0 Å². The lowest BCUT2D eigenvalue weighted by molar-refractivity contribution is 0.0696. The number of carboxylic acids is 1. The van der Waals surface area contributed by atoms with Gasteiger partial charge in [-0.15, -0.1) is 0 Å². The van der Waals surface area contributed by atoms with E-state index in [-0.39, 0.29) is 17.6 Å². The van der Waals surface area contributed by atoms with E-state index in [0.717, 1.165) is 31.6 Å². The van der Waals surface area contributed by atoms with Gasteiger partial charge in [0.1, 0.15) is 0 Å². The first-order valence-corrected chi connectivity index (χ1v) is 7.34. The normalized spacial score (nSPS) is 21.6. The number of anilines is 1. The number of nitrogens with zero attached hydrogens (tertiary/aromatic N) is 1. The van der Waals surface area contributed by atoms with Crippen LogP contribution in [-0.2, 0) is 0 Å². The van der Waals surface area contributed by atoms with E-state index >= 15 is 0 Å². The summed E-state index contributed by atoms with van der Waals surface area (Å²) in [6, 6.07) is 1.28. The molecule has 1 aliphatic carbocycles. The molecule has 21 heavy (non-hydrogen) atoms. The van der Waals surface area contributed by atoms with Gasteiger partial charge in [0.15, 0.2) is 0 Å². The summed E-state index contributed by atoms with van der Waals surface area (Å²) in [4.78, 5) is 26.6. The third-order valence-corrected chi connectivity index (χ3v) is 4.00. The molecule has 0 unspecified atom stereocenters. The van der Waals surface area contributed by atoms with Gasteiger partial charge in [-0.1, -0.05) is 13.3 Å². The Kier molecular flexibility index (Phi) is 5.14. The molecule has 0 aromatic carbocycles. The molecule has 1 aromatic heterocycles. The highest BCUT2D eigenvalue weighted by atomic mass is 16.4. The van der Waals surface area contributed by atoms with Crippen LogP contribution in [0.3, 0.4) is 0 Å². The second-order valence-corrected chi connectivity index (χ2v) is 5.49. The van der Waals surface area contributed by atoms with Gasteiger partial charge in [-0.25, -0.2) is 9.59 Å². The number of nitrogens with one attached hydrogen (secondary N) is 2. The third-order valence-electron chi connectivity index (χ3n) is 4.00. The maximum absolute atomic E-state index is 11.9. The summed E-state index contributed by atoms with van der Waals surface area (Å²) in [6.45, 7) is 2.20. The molecule has 1 aliphatic rings. The fourth-order valence-corrected chi connectivity index (χ4v) is 2.69. The second kappa shape index (κ2) is 7.06. The van der Waals surface area contributed by atoms with E-state index in [1.165, 1.54) is 24.9 Å². The number of rotatable bonds is 4. The summed E-state index contributed by atoms with van der Waals surface area (Å²) in [6.07, 6.45) is 8.18. The fourth-order valence-electron chi connectivity index (χ4n) is 2.69. The molecule has 114 valence electrons. The molecule has 0 saturated heterocycles. The van der Waals surface area contributed by atoms with Crippen molar-refractivity contribution >= 4 is 17.7 Å². The van der Waals surface area contributed by atoms with Crippen molar-refractivity contribution in [3.05, 3.63) is 24.0 Å². The molecule has 6 nitrogen and oxygen atoms in total. The highest BCUT2D eigenvalue weighted by molar-refractivity contribution is 5.92. The zero-order valence-electron chi connectivity index (χ0n) is 12.1. The highest BCUT2D eigenvalue weighted by Crippen LogP contribution is 2.26. The van der Waals surface area contributed by atoms with E-state index in [2.05, 4.69) is 22.5 Å². The molecule has 0 spiro atoms. The molecule has 2 rings (SSSR count). The number of hydrogen-bond donors (Lipinski definition) is 3. The predicted octanol–water partition coefficient (Wildman–Crippen LogP) is 2.87. The summed E-state index contributed by atoms with van der Waals surface area (Å²) in [5.41, 5.74) is 0.436. The van der Waals surface area contributed by atoms with Crippen molar-refractivity contribution in [3.8, 4) is 0 Å². The number of aromatic nitrogens is 1. The van der Waals surface area contributed by atoms with E-state index in [1.54, 1.807) is 0 Å². The minimum Gasteiger partial charge on any atom is -0.478 e. The Morgan fingerprint density at radius 3 is 2.62 bits per heavy atom. The number of aromatic carboxylic acids is 1. The standard InChI is InChI=1S/C15H21N3O3/c1-2-10-3-5-12(6-4-10)17-15(21)18-13-7-11(14(19)20)8-16-9-13/h7-10,12H,2-6H2,1H3,(H,19,20)(H2,17,18,21).